The molecule has 2 N–H and O–H groups in total. The molecule has 2 rings (SSSR count). The average Bonchev–Trinajstić information content (AvgIpc) is 2.70. The Kier molecular flexibility index (Phi) is 3.62. The third-order valence-electron chi connectivity index (χ3n) is 3.84. The van der Waals surface area contributed by atoms with Crippen molar-refractivity contribution in [3.8, 4) is 0 Å². The Morgan fingerprint density at radius 1 is 1.38 bits per heavy atom. The van der Waals surface area contributed by atoms with Crippen LogP contribution in [0.3, 0.4) is 0 Å². The van der Waals surface area contributed by atoms with Gasteiger partial charge in [-0.2, -0.15) is 0 Å². The highest BCUT2D eigenvalue weighted by atomic mass is 16.3. The molecule has 0 saturated heterocycles. The van der Waals surface area contributed by atoms with Crippen molar-refractivity contribution in [3.05, 3.63) is 35.9 Å². The Morgan fingerprint density at radius 3 is 2.81 bits per heavy atom. The van der Waals surface area contributed by atoms with E-state index >= 15 is 0 Å². The van der Waals surface area contributed by atoms with Crippen molar-refractivity contribution in [1.82, 2.24) is 5.32 Å². The van der Waals surface area contributed by atoms with Gasteiger partial charge in [-0.3, -0.25) is 0 Å². The normalized spacial score (nSPS) is 29.5. The van der Waals surface area contributed by atoms with Crippen LogP contribution in [-0.2, 0) is 6.54 Å². The van der Waals surface area contributed by atoms with Crippen LogP contribution in [0.25, 0.3) is 0 Å². The Morgan fingerprint density at radius 2 is 2.12 bits per heavy atom. The summed E-state index contributed by atoms with van der Waals surface area (Å²) < 4.78 is 0. The maximum Gasteiger partial charge on any atom is 0.0499 e. The summed E-state index contributed by atoms with van der Waals surface area (Å²) >= 11 is 0. The minimum atomic E-state index is 0.0782. The fourth-order valence-corrected chi connectivity index (χ4v) is 2.61. The fourth-order valence-electron chi connectivity index (χ4n) is 2.61. The van der Waals surface area contributed by atoms with Gasteiger partial charge in [-0.1, -0.05) is 43.7 Å². The van der Waals surface area contributed by atoms with Gasteiger partial charge in [-0.15, -0.1) is 0 Å². The van der Waals surface area contributed by atoms with Gasteiger partial charge in [0.25, 0.3) is 0 Å². The van der Waals surface area contributed by atoms with Gasteiger partial charge in [-0.05, 0) is 18.4 Å². The lowest BCUT2D eigenvalue weighted by Gasteiger charge is -2.30. The van der Waals surface area contributed by atoms with Crippen LogP contribution in [0.2, 0.25) is 0 Å². The van der Waals surface area contributed by atoms with E-state index < -0.39 is 0 Å². The summed E-state index contributed by atoms with van der Waals surface area (Å²) in [5.41, 5.74) is 1.39. The average molecular weight is 219 g/mol. The van der Waals surface area contributed by atoms with E-state index in [-0.39, 0.29) is 5.41 Å². The molecule has 0 radical (unpaired) electrons. The topological polar surface area (TPSA) is 32.3 Å². The summed E-state index contributed by atoms with van der Waals surface area (Å²) in [5.74, 6) is 0. The molecule has 1 aromatic rings. The molecule has 1 aromatic carbocycles. The van der Waals surface area contributed by atoms with Crippen molar-refractivity contribution in [3.63, 3.8) is 0 Å². The van der Waals surface area contributed by atoms with Gasteiger partial charge in [0.05, 0.1) is 0 Å². The molecule has 2 nitrogen and oxygen atoms in total. The Labute approximate surface area is 97.7 Å². The first-order valence-electron chi connectivity index (χ1n) is 6.13. The minimum Gasteiger partial charge on any atom is -0.396 e. The number of nitrogens with one attached hydrogen (secondary N) is 1. The van der Waals surface area contributed by atoms with Crippen molar-refractivity contribution in [2.45, 2.75) is 38.8 Å². The fraction of sp³-hybridized carbons (Fsp3) is 0.571. The summed E-state index contributed by atoms with van der Waals surface area (Å²) in [6, 6.07) is 10.9. The van der Waals surface area contributed by atoms with Crippen LogP contribution in [-0.4, -0.2) is 17.8 Å². The van der Waals surface area contributed by atoms with Crippen molar-refractivity contribution in [2.24, 2.45) is 5.41 Å². The standard InChI is InChI=1S/C14H21NO/c1-14(11-16)9-5-8-13(14)15-10-12-6-3-2-4-7-12/h2-4,6-7,13,15-16H,5,8-11H2,1H3. The van der Waals surface area contributed by atoms with E-state index in [0.29, 0.717) is 12.6 Å². The van der Waals surface area contributed by atoms with Crippen LogP contribution in [0.15, 0.2) is 30.3 Å². The van der Waals surface area contributed by atoms with E-state index in [1.54, 1.807) is 0 Å². The van der Waals surface area contributed by atoms with E-state index in [0.717, 1.165) is 13.0 Å². The first-order valence-corrected chi connectivity index (χ1v) is 6.13. The summed E-state index contributed by atoms with van der Waals surface area (Å²) in [6.45, 7) is 3.38. The lowest BCUT2D eigenvalue weighted by molar-refractivity contribution is 0.118. The lowest BCUT2D eigenvalue weighted by Crippen LogP contribution is -2.41. The summed E-state index contributed by atoms with van der Waals surface area (Å²) in [4.78, 5) is 0. The number of rotatable bonds is 4. The molecule has 1 fully saturated rings. The van der Waals surface area contributed by atoms with Crippen molar-refractivity contribution in [2.75, 3.05) is 6.61 Å². The van der Waals surface area contributed by atoms with Gasteiger partial charge < -0.3 is 10.4 Å². The zero-order chi connectivity index (χ0) is 11.4. The zero-order valence-electron chi connectivity index (χ0n) is 9.95. The molecular weight excluding hydrogens is 198 g/mol. The first-order chi connectivity index (χ1) is 7.74. The van der Waals surface area contributed by atoms with E-state index in [1.807, 2.05) is 6.07 Å². The molecule has 0 heterocycles. The van der Waals surface area contributed by atoms with E-state index in [4.69, 9.17) is 0 Å². The number of aliphatic hydroxyl groups is 1. The summed E-state index contributed by atoms with van der Waals surface area (Å²) in [7, 11) is 0. The Balaban J connectivity index is 1.91. The van der Waals surface area contributed by atoms with Gasteiger partial charge in [-0.25, -0.2) is 0 Å². The number of hydrogen-bond donors (Lipinski definition) is 2. The van der Waals surface area contributed by atoms with E-state index in [1.165, 1.54) is 18.4 Å². The van der Waals surface area contributed by atoms with E-state index in [2.05, 4.69) is 36.5 Å². The maximum atomic E-state index is 9.45. The Bertz CT molecular complexity index is 325. The SMILES string of the molecule is CC1(CO)CCCC1NCc1ccccc1. The minimum absolute atomic E-state index is 0.0782. The highest BCUT2D eigenvalue weighted by Crippen LogP contribution is 2.37. The second kappa shape index (κ2) is 4.98. The van der Waals surface area contributed by atoms with Crippen LogP contribution in [0, 0.1) is 5.41 Å². The maximum absolute atomic E-state index is 9.45. The second-order valence-corrected chi connectivity index (χ2v) is 5.12. The lowest BCUT2D eigenvalue weighted by atomic mass is 9.86. The molecule has 0 aromatic heterocycles. The molecular formula is C14H21NO. The van der Waals surface area contributed by atoms with Gasteiger partial charge in [0, 0.05) is 24.6 Å². The van der Waals surface area contributed by atoms with Gasteiger partial charge in [0.2, 0.25) is 0 Å². The highest BCUT2D eigenvalue weighted by Gasteiger charge is 2.37. The van der Waals surface area contributed by atoms with Crippen molar-refractivity contribution >= 4 is 0 Å². The molecule has 0 aliphatic heterocycles. The first kappa shape index (κ1) is 11.6. The summed E-state index contributed by atoms with van der Waals surface area (Å²) in [5, 5.41) is 13.0. The molecule has 0 amide bonds. The van der Waals surface area contributed by atoms with E-state index in [9.17, 15) is 5.11 Å². The van der Waals surface area contributed by atoms with Crippen LogP contribution < -0.4 is 5.32 Å². The molecule has 1 aliphatic rings. The molecule has 1 aliphatic carbocycles. The molecule has 1 saturated carbocycles. The van der Waals surface area contributed by atoms with Crippen molar-refractivity contribution < 1.29 is 5.11 Å². The quantitative estimate of drug-likeness (QED) is 0.814. The number of aliphatic hydroxyl groups excluding tert-OH is 1. The zero-order valence-corrected chi connectivity index (χ0v) is 9.95. The van der Waals surface area contributed by atoms with Crippen LogP contribution in [0.1, 0.15) is 31.7 Å². The largest absolute Gasteiger partial charge is 0.396 e. The van der Waals surface area contributed by atoms with Gasteiger partial charge in [0.1, 0.15) is 0 Å². The predicted molar refractivity (Wildman–Crippen MR) is 66.1 cm³/mol. The molecule has 16 heavy (non-hydrogen) atoms. The van der Waals surface area contributed by atoms with Gasteiger partial charge in [0.15, 0.2) is 0 Å². The molecule has 2 heteroatoms. The predicted octanol–water partition coefficient (Wildman–Crippen LogP) is 2.33. The number of benzene rings is 1. The third-order valence-corrected chi connectivity index (χ3v) is 3.84. The second-order valence-electron chi connectivity index (χ2n) is 5.12. The van der Waals surface area contributed by atoms with Crippen molar-refractivity contribution in [1.29, 1.82) is 0 Å². The molecule has 88 valence electrons. The Hall–Kier alpha value is -0.860. The monoisotopic (exact) mass is 219 g/mol. The van der Waals surface area contributed by atoms with Crippen LogP contribution in [0.5, 0.6) is 0 Å². The van der Waals surface area contributed by atoms with Gasteiger partial charge >= 0.3 is 0 Å². The summed E-state index contributed by atoms with van der Waals surface area (Å²) in [6.07, 6.45) is 3.55. The molecule has 0 spiro atoms. The smallest absolute Gasteiger partial charge is 0.0499 e. The highest BCUT2D eigenvalue weighted by molar-refractivity contribution is 5.14. The molecule has 0 bridgehead atoms. The van der Waals surface area contributed by atoms with Crippen LogP contribution >= 0.6 is 0 Å². The number of hydrogen-bond acceptors (Lipinski definition) is 2. The van der Waals surface area contributed by atoms with Crippen LogP contribution in [0.4, 0.5) is 0 Å². The molecule has 2 atom stereocenters. The molecule has 2 unspecified atom stereocenters. The third kappa shape index (κ3) is 2.45.